The van der Waals surface area contributed by atoms with Gasteiger partial charge in [0.25, 0.3) is 0 Å². The zero-order chi connectivity index (χ0) is 15.5. The third-order valence-corrected chi connectivity index (χ3v) is 3.75. The van der Waals surface area contributed by atoms with Crippen LogP contribution < -0.4 is 5.32 Å². The smallest absolute Gasteiger partial charge is 0.377 e. The number of ether oxygens (including phenoxy) is 1. The standard InChI is InChI=1S/C15H19F4NO/c1-10-6-11(8-20-10)4-5-21-9-12-2-3-13(7-14(12)16)15(17,18)19/h2-3,7,10-11,20H,4-6,8-9H2,1H3/t10-,11+/m1/s1. The molecule has 1 aromatic rings. The molecule has 118 valence electrons. The molecule has 0 radical (unpaired) electrons. The van der Waals surface area contributed by atoms with E-state index in [1.165, 1.54) is 0 Å². The Morgan fingerprint density at radius 3 is 2.67 bits per heavy atom. The summed E-state index contributed by atoms with van der Waals surface area (Å²) in [5, 5.41) is 3.34. The summed E-state index contributed by atoms with van der Waals surface area (Å²) in [5.74, 6) is -0.321. The van der Waals surface area contributed by atoms with Crippen molar-refractivity contribution in [2.75, 3.05) is 13.2 Å². The summed E-state index contributed by atoms with van der Waals surface area (Å²) in [4.78, 5) is 0. The molecule has 0 amide bonds. The topological polar surface area (TPSA) is 21.3 Å². The molecule has 1 N–H and O–H groups in total. The number of alkyl halides is 3. The number of hydrogen-bond acceptors (Lipinski definition) is 2. The number of rotatable bonds is 5. The average molecular weight is 305 g/mol. The molecule has 0 spiro atoms. The predicted molar refractivity (Wildman–Crippen MR) is 71.2 cm³/mol. The molecular formula is C15H19F4NO. The van der Waals surface area contributed by atoms with Gasteiger partial charge >= 0.3 is 6.18 Å². The van der Waals surface area contributed by atoms with E-state index in [2.05, 4.69) is 12.2 Å². The van der Waals surface area contributed by atoms with E-state index < -0.39 is 17.6 Å². The van der Waals surface area contributed by atoms with Crippen LogP contribution in [0.1, 0.15) is 30.9 Å². The molecule has 1 saturated heterocycles. The van der Waals surface area contributed by atoms with Crippen molar-refractivity contribution in [1.29, 1.82) is 0 Å². The van der Waals surface area contributed by atoms with Crippen molar-refractivity contribution in [3.63, 3.8) is 0 Å². The summed E-state index contributed by atoms with van der Waals surface area (Å²) in [6.45, 7) is 3.57. The first-order chi connectivity index (χ1) is 9.86. The summed E-state index contributed by atoms with van der Waals surface area (Å²) in [5.41, 5.74) is -0.823. The molecule has 2 atom stereocenters. The lowest BCUT2D eigenvalue weighted by atomic mass is 10.0. The van der Waals surface area contributed by atoms with E-state index in [9.17, 15) is 17.6 Å². The van der Waals surface area contributed by atoms with Gasteiger partial charge in [0.15, 0.2) is 0 Å². The molecule has 1 fully saturated rings. The van der Waals surface area contributed by atoms with Gasteiger partial charge in [-0.2, -0.15) is 13.2 Å². The highest BCUT2D eigenvalue weighted by molar-refractivity contribution is 5.25. The molecule has 0 aliphatic carbocycles. The number of benzene rings is 1. The Balaban J connectivity index is 1.78. The van der Waals surface area contributed by atoms with Gasteiger partial charge in [-0.3, -0.25) is 0 Å². The lowest BCUT2D eigenvalue weighted by Gasteiger charge is -2.11. The van der Waals surface area contributed by atoms with Crippen LogP contribution in [0.2, 0.25) is 0 Å². The summed E-state index contributed by atoms with van der Waals surface area (Å²) in [7, 11) is 0. The van der Waals surface area contributed by atoms with E-state index in [0.29, 0.717) is 24.6 Å². The summed E-state index contributed by atoms with van der Waals surface area (Å²) >= 11 is 0. The zero-order valence-electron chi connectivity index (χ0n) is 11.8. The van der Waals surface area contributed by atoms with E-state index in [1.54, 1.807) is 0 Å². The Morgan fingerprint density at radius 2 is 2.10 bits per heavy atom. The van der Waals surface area contributed by atoms with E-state index >= 15 is 0 Å². The fraction of sp³-hybridized carbons (Fsp3) is 0.600. The monoisotopic (exact) mass is 305 g/mol. The van der Waals surface area contributed by atoms with Crippen molar-refractivity contribution in [3.8, 4) is 0 Å². The minimum absolute atomic E-state index is 0.000325. The Labute approximate surface area is 121 Å². The maximum atomic E-state index is 13.6. The SMILES string of the molecule is C[C@@H]1C[C@H](CCOCc2ccc(C(F)(F)F)cc2F)CN1. The molecule has 0 saturated carbocycles. The van der Waals surface area contributed by atoms with Crippen LogP contribution in [0.15, 0.2) is 18.2 Å². The third-order valence-electron chi connectivity index (χ3n) is 3.75. The highest BCUT2D eigenvalue weighted by atomic mass is 19.4. The lowest BCUT2D eigenvalue weighted by molar-refractivity contribution is -0.137. The predicted octanol–water partition coefficient (Wildman–Crippen LogP) is 3.75. The maximum Gasteiger partial charge on any atom is 0.416 e. The van der Waals surface area contributed by atoms with Crippen molar-refractivity contribution in [2.45, 2.75) is 38.6 Å². The third kappa shape index (κ3) is 4.68. The van der Waals surface area contributed by atoms with Crippen LogP contribution in [0.5, 0.6) is 0 Å². The van der Waals surface area contributed by atoms with Gasteiger partial charge in [-0.15, -0.1) is 0 Å². The molecule has 21 heavy (non-hydrogen) atoms. The molecular weight excluding hydrogens is 286 g/mol. The first-order valence-corrected chi connectivity index (χ1v) is 7.03. The Kier molecular flexibility index (Phi) is 5.22. The van der Waals surface area contributed by atoms with Crippen molar-refractivity contribution in [2.24, 2.45) is 5.92 Å². The van der Waals surface area contributed by atoms with Gasteiger partial charge in [-0.05, 0) is 44.4 Å². The van der Waals surface area contributed by atoms with Crippen LogP contribution in [0, 0.1) is 11.7 Å². The van der Waals surface area contributed by atoms with Crippen LogP contribution in [-0.4, -0.2) is 19.2 Å². The molecule has 0 unspecified atom stereocenters. The van der Waals surface area contributed by atoms with Gasteiger partial charge in [0.1, 0.15) is 5.82 Å². The molecule has 1 aromatic carbocycles. The minimum Gasteiger partial charge on any atom is -0.377 e. The highest BCUT2D eigenvalue weighted by Gasteiger charge is 2.31. The van der Waals surface area contributed by atoms with E-state index in [1.807, 2.05) is 0 Å². The van der Waals surface area contributed by atoms with E-state index in [4.69, 9.17) is 4.74 Å². The van der Waals surface area contributed by atoms with Gasteiger partial charge in [-0.25, -0.2) is 4.39 Å². The fourth-order valence-electron chi connectivity index (χ4n) is 2.53. The van der Waals surface area contributed by atoms with Crippen molar-refractivity contribution in [3.05, 3.63) is 35.1 Å². The first-order valence-electron chi connectivity index (χ1n) is 7.03. The molecule has 0 aromatic heterocycles. The van der Waals surface area contributed by atoms with Crippen molar-refractivity contribution < 1.29 is 22.3 Å². The quantitative estimate of drug-likeness (QED) is 0.661. The van der Waals surface area contributed by atoms with Crippen LogP contribution in [0.25, 0.3) is 0 Å². The van der Waals surface area contributed by atoms with Gasteiger partial charge in [0.05, 0.1) is 12.2 Å². The maximum absolute atomic E-state index is 13.6. The van der Waals surface area contributed by atoms with Crippen LogP contribution >= 0.6 is 0 Å². The molecule has 2 nitrogen and oxygen atoms in total. The van der Waals surface area contributed by atoms with Crippen LogP contribution in [-0.2, 0) is 17.5 Å². The van der Waals surface area contributed by atoms with Gasteiger partial charge in [-0.1, -0.05) is 6.07 Å². The number of halogens is 4. The Bertz CT molecular complexity index is 475. The largest absolute Gasteiger partial charge is 0.416 e. The first kappa shape index (κ1) is 16.2. The second-order valence-electron chi connectivity index (χ2n) is 5.56. The Hall–Kier alpha value is -1.14. The lowest BCUT2D eigenvalue weighted by Crippen LogP contribution is -2.17. The average Bonchev–Trinajstić information content (AvgIpc) is 2.80. The molecule has 6 heteroatoms. The number of nitrogens with one attached hydrogen (secondary N) is 1. The highest BCUT2D eigenvalue weighted by Crippen LogP contribution is 2.30. The Morgan fingerprint density at radius 1 is 1.33 bits per heavy atom. The number of hydrogen-bond donors (Lipinski definition) is 1. The van der Waals surface area contributed by atoms with E-state index in [-0.39, 0.29) is 12.2 Å². The van der Waals surface area contributed by atoms with Crippen LogP contribution in [0.4, 0.5) is 17.6 Å². The molecule has 2 rings (SSSR count). The second kappa shape index (κ2) is 6.75. The van der Waals surface area contributed by atoms with E-state index in [0.717, 1.165) is 31.5 Å². The molecule has 1 heterocycles. The molecule has 0 bridgehead atoms. The van der Waals surface area contributed by atoms with Crippen LogP contribution in [0.3, 0.4) is 0 Å². The summed E-state index contributed by atoms with van der Waals surface area (Å²) < 4.78 is 56.2. The normalized spacial score (nSPS) is 22.7. The summed E-state index contributed by atoms with van der Waals surface area (Å²) in [6.07, 6.45) is -2.55. The molecule has 1 aliphatic rings. The van der Waals surface area contributed by atoms with Gasteiger partial charge in [0, 0.05) is 18.2 Å². The minimum atomic E-state index is -4.52. The fourth-order valence-corrected chi connectivity index (χ4v) is 2.53. The van der Waals surface area contributed by atoms with Crippen molar-refractivity contribution in [1.82, 2.24) is 5.32 Å². The van der Waals surface area contributed by atoms with Gasteiger partial charge in [0.2, 0.25) is 0 Å². The zero-order valence-corrected chi connectivity index (χ0v) is 11.8. The van der Waals surface area contributed by atoms with Gasteiger partial charge < -0.3 is 10.1 Å². The van der Waals surface area contributed by atoms with Crippen molar-refractivity contribution >= 4 is 0 Å². The molecule has 1 aliphatic heterocycles. The second-order valence-corrected chi connectivity index (χ2v) is 5.56. The summed E-state index contributed by atoms with van der Waals surface area (Å²) in [6, 6.07) is 3.05.